The molecule has 0 bridgehead atoms. The predicted octanol–water partition coefficient (Wildman–Crippen LogP) is 1.16. The van der Waals surface area contributed by atoms with Crippen LogP contribution in [-0.4, -0.2) is 41.4 Å². The zero-order valence-electron chi connectivity index (χ0n) is 10.4. The van der Waals surface area contributed by atoms with Crippen molar-refractivity contribution in [2.45, 2.75) is 25.2 Å². The summed E-state index contributed by atoms with van der Waals surface area (Å²) in [5, 5.41) is 12.6. The van der Waals surface area contributed by atoms with Crippen LogP contribution < -0.4 is 5.32 Å². The Labute approximate surface area is 107 Å². The summed E-state index contributed by atoms with van der Waals surface area (Å²) in [4.78, 5) is 8.55. The molecule has 1 aromatic heterocycles. The Kier molecular flexibility index (Phi) is 3.18. The van der Waals surface area contributed by atoms with Crippen molar-refractivity contribution in [3.63, 3.8) is 0 Å². The Hall–Kier alpha value is -1.20. The highest BCUT2D eigenvalue weighted by Gasteiger charge is 2.41. The van der Waals surface area contributed by atoms with E-state index < -0.39 is 0 Å². The lowest BCUT2D eigenvalue weighted by atomic mass is 10.0. The summed E-state index contributed by atoms with van der Waals surface area (Å²) < 4.78 is 5.38. The molecular formula is C13H19N3O2. The second kappa shape index (κ2) is 4.82. The third kappa shape index (κ3) is 2.47. The van der Waals surface area contributed by atoms with Crippen molar-refractivity contribution >= 4 is 5.82 Å². The molecule has 18 heavy (non-hydrogen) atoms. The van der Waals surface area contributed by atoms with Gasteiger partial charge in [-0.15, -0.1) is 0 Å². The van der Waals surface area contributed by atoms with Crippen LogP contribution >= 0.6 is 0 Å². The lowest BCUT2D eigenvalue weighted by Gasteiger charge is -2.14. The first kappa shape index (κ1) is 11.9. The minimum Gasteiger partial charge on any atom is -0.396 e. The predicted molar refractivity (Wildman–Crippen MR) is 67.5 cm³/mol. The summed E-state index contributed by atoms with van der Waals surface area (Å²) in [5.41, 5.74) is 1.15. The average molecular weight is 249 g/mol. The van der Waals surface area contributed by atoms with Crippen LogP contribution in [0.2, 0.25) is 0 Å². The molecule has 5 heteroatoms. The molecule has 0 aromatic carbocycles. The first-order valence-corrected chi connectivity index (χ1v) is 6.56. The zero-order chi connectivity index (χ0) is 12.4. The van der Waals surface area contributed by atoms with Crippen LogP contribution in [0.5, 0.6) is 0 Å². The number of hydrogen-bond acceptors (Lipinski definition) is 5. The zero-order valence-corrected chi connectivity index (χ0v) is 10.4. The monoisotopic (exact) mass is 249 g/mol. The Morgan fingerprint density at radius 3 is 3.00 bits per heavy atom. The fourth-order valence-corrected chi connectivity index (χ4v) is 2.31. The summed E-state index contributed by atoms with van der Waals surface area (Å²) in [7, 11) is 0. The lowest BCUT2D eigenvalue weighted by Crippen LogP contribution is -2.19. The molecule has 0 radical (unpaired) electrons. The van der Waals surface area contributed by atoms with Gasteiger partial charge in [-0.25, -0.2) is 9.97 Å². The standard InChI is InChI=1S/C13H19N3O2/c17-8-13(2-3-13)7-14-12-5-11(15-9-16-12)10-1-4-18-6-10/h5,9-10,17H,1-4,6-8H2,(H,14,15,16). The van der Waals surface area contributed by atoms with Crippen molar-refractivity contribution in [1.82, 2.24) is 9.97 Å². The Bertz CT molecular complexity index is 414. The van der Waals surface area contributed by atoms with Gasteiger partial charge in [0.15, 0.2) is 0 Å². The molecule has 1 saturated heterocycles. The second-order valence-electron chi connectivity index (χ2n) is 5.40. The summed E-state index contributed by atoms with van der Waals surface area (Å²) in [5.74, 6) is 1.26. The van der Waals surface area contributed by atoms with Gasteiger partial charge in [-0.3, -0.25) is 0 Å². The molecule has 1 saturated carbocycles. The first-order valence-electron chi connectivity index (χ1n) is 6.56. The van der Waals surface area contributed by atoms with Gasteiger partial charge in [0.2, 0.25) is 0 Å². The van der Waals surface area contributed by atoms with Gasteiger partial charge in [0.05, 0.1) is 18.9 Å². The molecule has 0 amide bonds. The fraction of sp³-hybridized carbons (Fsp3) is 0.692. The maximum absolute atomic E-state index is 9.27. The van der Waals surface area contributed by atoms with Gasteiger partial charge in [-0.2, -0.15) is 0 Å². The largest absolute Gasteiger partial charge is 0.396 e. The summed E-state index contributed by atoms with van der Waals surface area (Å²) in [6.45, 7) is 2.64. The molecule has 1 unspecified atom stereocenters. The number of nitrogens with one attached hydrogen (secondary N) is 1. The second-order valence-corrected chi connectivity index (χ2v) is 5.40. The molecule has 2 fully saturated rings. The molecular weight excluding hydrogens is 230 g/mol. The van der Waals surface area contributed by atoms with Gasteiger partial charge in [0.1, 0.15) is 12.1 Å². The van der Waals surface area contributed by atoms with Gasteiger partial charge < -0.3 is 15.2 Å². The van der Waals surface area contributed by atoms with Crippen molar-refractivity contribution in [2.75, 3.05) is 31.7 Å². The third-order valence-corrected chi connectivity index (χ3v) is 3.97. The lowest BCUT2D eigenvalue weighted by molar-refractivity contribution is 0.193. The number of aliphatic hydroxyl groups is 1. The topological polar surface area (TPSA) is 67.3 Å². The molecule has 2 heterocycles. The molecule has 2 aliphatic rings. The number of anilines is 1. The van der Waals surface area contributed by atoms with Crippen LogP contribution in [0, 0.1) is 5.41 Å². The van der Waals surface area contributed by atoms with E-state index in [2.05, 4.69) is 15.3 Å². The van der Waals surface area contributed by atoms with Crippen LogP contribution in [0.25, 0.3) is 0 Å². The van der Waals surface area contributed by atoms with Crippen molar-refractivity contribution < 1.29 is 9.84 Å². The Balaban J connectivity index is 1.63. The maximum Gasteiger partial charge on any atom is 0.129 e. The quantitative estimate of drug-likeness (QED) is 0.819. The summed E-state index contributed by atoms with van der Waals surface area (Å²) >= 11 is 0. The minimum atomic E-state index is 0.0988. The SMILES string of the molecule is OCC1(CNc2cc(C3CCOC3)ncn2)CC1. The molecule has 98 valence electrons. The molecule has 3 rings (SSSR count). The van der Waals surface area contributed by atoms with E-state index >= 15 is 0 Å². The highest BCUT2D eigenvalue weighted by Crippen LogP contribution is 2.44. The van der Waals surface area contributed by atoms with Crippen LogP contribution in [0.1, 0.15) is 30.9 Å². The van der Waals surface area contributed by atoms with E-state index in [-0.39, 0.29) is 12.0 Å². The van der Waals surface area contributed by atoms with E-state index in [1.54, 1.807) is 6.33 Å². The number of hydrogen-bond donors (Lipinski definition) is 2. The van der Waals surface area contributed by atoms with Gasteiger partial charge in [0.25, 0.3) is 0 Å². The van der Waals surface area contributed by atoms with E-state index in [0.29, 0.717) is 5.92 Å². The number of nitrogens with zero attached hydrogens (tertiary/aromatic N) is 2. The Morgan fingerprint density at radius 1 is 1.44 bits per heavy atom. The highest BCUT2D eigenvalue weighted by molar-refractivity contribution is 5.36. The third-order valence-electron chi connectivity index (χ3n) is 3.97. The van der Waals surface area contributed by atoms with Gasteiger partial charge in [-0.1, -0.05) is 0 Å². The highest BCUT2D eigenvalue weighted by atomic mass is 16.5. The van der Waals surface area contributed by atoms with Crippen LogP contribution in [0.15, 0.2) is 12.4 Å². The number of rotatable bonds is 5. The first-order chi connectivity index (χ1) is 8.81. The molecule has 0 spiro atoms. The number of aromatic nitrogens is 2. The number of ether oxygens (including phenoxy) is 1. The van der Waals surface area contributed by atoms with Gasteiger partial charge >= 0.3 is 0 Å². The number of aliphatic hydroxyl groups excluding tert-OH is 1. The molecule has 1 atom stereocenters. The van der Waals surface area contributed by atoms with Gasteiger partial charge in [0, 0.05) is 30.6 Å². The minimum absolute atomic E-state index is 0.0988. The Morgan fingerprint density at radius 2 is 2.33 bits per heavy atom. The van der Waals surface area contributed by atoms with Crippen LogP contribution in [0.3, 0.4) is 0 Å². The summed E-state index contributed by atoms with van der Waals surface area (Å²) in [6, 6.07) is 2.01. The van der Waals surface area contributed by atoms with Gasteiger partial charge in [-0.05, 0) is 19.3 Å². The van der Waals surface area contributed by atoms with Crippen molar-refractivity contribution in [3.05, 3.63) is 18.1 Å². The van der Waals surface area contributed by atoms with E-state index in [9.17, 15) is 5.11 Å². The smallest absolute Gasteiger partial charge is 0.129 e. The molecule has 1 aliphatic heterocycles. The molecule has 5 nitrogen and oxygen atoms in total. The van der Waals surface area contributed by atoms with E-state index in [1.807, 2.05) is 6.07 Å². The normalized spacial score (nSPS) is 25.1. The molecule has 2 N–H and O–H groups in total. The average Bonchev–Trinajstić information content (AvgIpc) is 2.99. The van der Waals surface area contributed by atoms with Crippen LogP contribution in [0.4, 0.5) is 5.82 Å². The van der Waals surface area contributed by atoms with Crippen molar-refractivity contribution in [3.8, 4) is 0 Å². The molecule has 1 aromatic rings. The van der Waals surface area contributed by atoms with Crippen molar-refractivity contribution in [1.29, 1.82) is 0 Å². The van der Waals surface area contributed by atoms with E-state index in [4.69, 9.17) is 4.74 Å². The maximum atomic E-state index is 9.27. The van der Waals surface area contributed by atoms with Crippen LogP contribution in [-0.2, 0) is 4.74 Å². The van der Waals surface area contributed by atoms with Crippen molar-refractivity contribution in [2.24, 2.45) is 5.41 Å². The summed E-state index contributed by atoms with van der Waals surface area (Å²) in [6.07, 6.45) is 4.85. The molecule has 1 aliphatic carbocycles. The van der Waals surface area contributed by atoms with E-state index in [0.717, 1.165) is 50.5 Å². The fourth-order valence-electron chi connectivity index (χ4n) is 2.31. The van der Waals surface area contributed by atoms with E-state index in [1.165, 1.54) is 0 Å².